The second kappa shape index (κ2) is 9.54. The lowest BCUT2D eigenvalue weighted by Gasteiger charge is -2.19. The number of anilines is 1. The van der Waals surface area contributed by atoms with Gasteiger partial charge in [0.1, 0.15) is 6.07 Å². The number of hydrogen-bond donors (Lipinski definition) is 2. The molecule has 2 amide bonds. The molecule has 29 heavy (non-hydrogen) atoms. The number of benzene rings is 3. The summed E-state index contributed by atoms with van der Waals surface area (Å²) < 4.78 is 0. The first-order chi connectivity index (χ1) is 14.1. The van der Waals surface area contributed by atoms with Gasteiger partial charge in [-0.3, -0.25) is 9.59 Å². The molecular weight excluding hydrogens is 386 g/mol. The Balaban J connectivity index is 1.74. The van der Waals surface area contributed by atoms with Crippen LogP contribution in [0.2, 0.25) is 5.02 Å². The first kappa shape index (κ1) is 20.1. The largest absolute Gasteiger partial charge is 0.345 e. The van der Waals surface area contributed by atoms with E-state index in [1.165, 1.54) is 6.07 Å². The van der Waals surface area contributed by atoms with Crippen molar-refractivity contribution in [3.05, 3.63) is 101 Å². The molecule has 3 aromatic rings. The third kappa shape index (κ3) is 5.44. The summed E-state index contributed by atoms with van der Waals surface area (Å²) in [5.74, 6) is -0.540. The summed E-state index contributed by atoms with van der Waals surface area (Å²) in [4.78, 5) is 25.2. The van der Waals surface area contributed by atoms with Gasteiger partial charge in [-0.25, -0.2) is 0 Å². The molecule has 0 spiro atoms. The monoisotopic (exact) mass is 403 g/mol. The maximum absolute atomic E-state index is 12.6. The molecule has 6 heteroatoms. The molecule has 3 rings (SSSR count). The minimum absolute atomic E-state index is 0.0419. The average molecular weight is 404 g/mol. The van der Waals surface area contributed by atoms with Crippen LogP contribution in [0.1, 0.15) is 33.9 Å². The van der Waals surface area contributed by atoms with Crippen molar-refractivity contribution in [2.45, 2.75) is 12.5 Å². The number of carbonyl (C=O) groups is 2. The van der Waals surface area contributed by atoms with Crippen molar-refractivity contribution in [2.75, 3.05) is 5.32 Å². The van der Waals surface area contributed by atoms with Gasteiger partial charge in [-0.1, -0.05) is 60.1 Å². The van der Waals surface area contributed by atoms with E-state index >= 15 is 0 Å². The van der Waals surface area contributed by atoms with Crippen molar-refractivity contribution in [3.63, 3.8) is 0 Å². The minimum atomic E-state index is -0.502. The van der Waals surface area contributed by atoms with Crippen LogP contribution in [0.3, 0.4) is 0 Å². The molecule has 0 saturated heterocycles. The van der Waals surface area contributed by atoms with Gasteiger partial charge in [0.15, 0.2) is 0 Å². The van der Waals surface area contributed by atoms with Crippen LogP contribution in [0.4, 0.5) is 5.69 Å². The van der Waals surface area contributed by atoms with Crippen LogP contribution in [-0.2, 0) is 4.79 Å². The Morgan fingerprint density at radius 3 is 2.24 bits per heavy atom. The van der Waals surface area contributed by atoms with Gasteiger partial charge in [-0.2, -0.15) is 5.26 Å². The van der Waals surface area contributed by atoms with Crippen LogP contribution in [-0.4, -0.2) is 11.8 Å². The summed E-state index contributed by atoms with van der Waals surface area (Å²) in [6.45, 7) is 0. The van der Waals surface area contributed by atoms with Crippen LogP contribution < -0.4 is 10.6 Å². The maximum atomic E-state index is 12.6. The molecule has 0 aliphatic carbocycles. The lowest BCUT2D eigenvalue weighted by atomic mass is 10.0. The molecule has 1 unspecified atom stereocenters. The van der Waals surface area contributed by atoms with Crippen LogP contribution in [0.25, 0.3) is 0 Å². The molecule has 2 N–H and O–H groups in total. The van der Waals surface area contributed by atoms with Gasteiger partial charge < -0.3 is 10.6 Å². The molecule has 3 aromatic carbocycles. The fourth-order valence-electron chi connectivity index (χ4n) is 2.85. The average Bonchev–Trinajstić information content (AvgIpc) is 2.74. The molecule has 0 radical (unpaired) electrons. The predicted molar refractivity (Wildman–Crippen MR) is 113 cm³/mol. The molecule has 0 bridgehead atoms. The Hall–Kier alpha value is -3.62. The lowest BCUT2D eigenvalue weighted by Crippen LogP contribution is -2.31. The van der Waals surface area contributed by atoms with E-state index in [0.29, 0.717) is 16.8 Å². The van der Waals surface area contributed by atoms with Crippen LogP contribution in [0.15, 0.2) is 78.9 Å². The van der Waals surface area contributed by atoms with Gasteiger partial charge in [0.2, 0.25) is 5.91 Å². The van der Waals surface area contributed by atoms with Crippen molar-refractivity contribution in [1.82, 2.24) is 5.32 Å². The lowest BCUT2D eigenvalue weighted by molar-refractivity contribution is -0.116. The van der Waals surface area contributed by atoms with E-state index in [0.717, 1.165) is 5.56 Å². The molecule has 144 valence electrons. The summed E-state index contributed by atoms with van der Waals surface area (Å²) >= 11 is 6.02. The molecular formula is C23H18ClN3O2. The number of nitrogens with zero attached hydrogens (tertiary/aromatic N) is 1. The first-order valence-electron chi connectivity index (χ1n) is 8.97. The van der Waals surface area contributed by atoms with Gasteiger partial charge in [-0.05, 0) is 35.9 Å². The zero-order valence-corrected chi connectivity index (χ0v) is 16.2. The topological polar surface area (TPSA) is 82.0 Å². The van der Waals surface area contributed by atoms with Crippen LogP contribution in [0.5, 0.6) is 0 Å². The summed E-state index contributed by atoms with van der Waals surface area (Å²) in [5, 5.41) is 14.9. The number of nitriles is 1. The van der Waals surface area contributed by atoms with Gasteiger partial charge in [0.25, 0.3) is 5.91 Å². The maximum Gasteiger partial charge on any atom is 0.251 e. The number of rotatable bonds is 6. The molecule has 0 saturated carbocycles. The van der Waals surface area contributed by atoms with Gasteiger partial charge in [0.05, 0.1) is 23.0 Å². The smallest absolute Gasteiger partial charge is 0.251 e. The first-order valence-corrected chi connectivity index (χ1v) is 9.35. The second-order valence-corrected chi connectivity index (χ2v) is 6.77. The second-order valence-electron chi connectivity index (χ2n) is 6.36. The molecule has 0 aliphatic rings. The van der Waals surface area contributed by atoms with E-state index < -0.39 is 6.04 Å². The van der Waals surface area contributed by atoms with E-state index in [2.05, 4.69) is 10.6 Å². The summed E-state index contributed by atoms with van der Waals surface area (Å²) in [7, 11) is 0. The highest BCUT2D eigenvalue weighted by molar-refractivity contribution is 6.32. The van der Waals surface area contributed by atoms with Gasteiger partial charge in [0, 0.05) is 11.3 Å². The highest BCUT2D eigenvalue weighted by Gasteiger charge is 2.19. The van der Waals surface area contributed by atoms with Crippen LogP contribution >= 0.6 is 11.6 Å². The highest BCUT2D eigenvalue weighted by Crippen LogP contribution is 2.22. The van der Waals surface area contributed by atoms with E-state index in [1.807, 2.05) is 42.5 Å². The molecule has 0 fully saturated rings. The standard InChI is InChI=1S/C23H18ClN3O2/c24-20-13-19(12-11-18(20)15-25)26-22(28)14-21(16-7-3-1-4-8-16)27-23(29)17-9-5-2-6-10-17/h1-13,21H,14H2,(H,26,28)(H,27,29). The van der Waals surface area contributed by atoms with Crippen molar-refractivity contribution in [2.24, 2.45) is 0 Å². The fourth-order valence-corrected chi connectivity index (χ4v) is 3.07. The highest BCUT2D eigenvalue weighted by atomic mass is 35.5. The number of carbonyl (C=O) groups excluding carboxylic acids is 2. The zero-order chi connectivity index (χ0) is 20.6. The normalized spacial score (nSPS) is 11.2. The number of nitrogens with one attached hydrogen (secondary N) is 2. The van der Waals surface area contributed by atoms with Gasteiger partial charge in [-0.15, -0.1) is 0 Å². The Labute approximate surface area is 173 Å². The van der Waals surface area contributed by atoms with Crippen LogP contribution in [0, 0.1) is 11.3 Å². The van der Waals surface area contributed by atoms with Crippen molar-refractivity contribution < 1.29 is 9.59 Å². The summed E-state index contributed by atoms with van der Waals surface area (Å²) in [5.41, 5.74) is 2.17. The minimum Gasteiger partial charge on any atom is -0.345 e. The quantitative estimate of drug-likeness (QED) is 0.625. The Morgan fingerprint density at radius 1 is 0.966 bits per heavy atom. The summed E-state index contributed by atoms with van der Waals surface area (Å²) in [6.07, 6.45) is 0.0419. The number of hydrogen-bond acceptors (Lipinski definition) is 3. The molecule has 5 nitrogen and oxygen atoms in total. The van der Waals surface area contributed by atoms with E-state index in [1.54, 1.807) is 36.4 Å². The van der Waals surface area contributed by atoms with Crippen molar-refractivity contribution in [1.29, 1.82) is 5.26 Å². The predicted octanol–water partition coefficient (Wildman–Crippen LogP) is 4.71. The third-order valence-electron chi connectivity index (χ3n) is 4.31. The number of amides is 2. The Kier molecular flexibility index (Phi) is 6.62. The molecule has 0 aromatic heterocycles. The van der Waals surface area contributed by atoms with E-state index in [4.69, 9.17) is 16.9 Å². The SMILES string of the molecule is N#Cc1ccc(NC(=O)CC(NC(=O)c2ccccc2)c2ccccc2)cc1Cl. The number of halogens is 1. The van der Waals surface area contributed by atoms with E-state index in [-0.39, 0.29) is 23.3 Å². The molecule has 0 aliphatic heterocycles. The Morgan fingerprint density at radius 2 is 1.62 bits per heavy atom. The fraction of sp³-hybridized carbons (Fsp3) is 0.0870. The zero-order valence-electron chi connectivity index (χ0n) is 15.4. The molecule has 1 atom stereocenters. The molecule has 0 heterocycles. The third-order valence-corrected chi connectivity index (χ3v) is 4.62. The van der Waals surface area contributed by atoms with Gasteiger partial charge >= 0.3 is 0 Å². The van der Waals surface area contributed by atoms with E-state index in [9.17, 15) is 9.59 Å². The van der Waals surface area contributed by atoms with Crippen molar-refractivity contribution in [3.8, 4) is 6.07 Å². The van der Waals surface area contributed by atoms with Crippen molar-refractivity contribution >= 4 is 29.1 Å². The summed E-state index contributed by atoms with van der Waals surface area (Å²) in [6, 6.07) is 24.3. The Bertz CT molecular complexity index is 1050.